The molecule has 1 N–H and O–H groups in total. The molecule has 0 radical (unpaired) electrons. The van der Waals surface area contributed by atoms with Gasteiger partial charge in [0, 0.05) is 24.2 Å². The predicted molar refractivity (Wildman–Crippen MR) is 73.6 cm³/mol. The van der Waals surface area contributed by atoms with Crippen molar-refractivity contribution in [2.75, 3.05) is 12.8 Å². The van der Waals surface area contributed by atoms with E-state index in [2.05, 4.69) is 20.8 Å². The highest BCUT2D eigenvalue weighted by atomic mass is 35.5. The maximum absolute atomic E-state index is 11.1. The summed E-state index contributed by atoms with van der Waals surface area (Å²) in [5.74, 6) is 0.617. The topological polar surface area (TPSA) is 72.7 Å². The van der Waals surface area contributed by atoms with E-state index in [4.69, 9.17) is 11.6 Å². The minimum Gasteiger partial charge on any atom is -0.359 e. The maximum Gasteiger partial charge on any atom is 0.220 e. The Balaban J connectivity index is 2.05. The zero-order valence-corrected chi connectivity index (χ0v) is 11.8. The van der Waals surface area contributed by atoms with Crippen LogP contribution in [0.15, 0.2) is 29.4 Å². The van der Waals surface area contributed by atoms with Crippen molar-refractivity contribution in [1.82, 2.24) is 25.5 Å². The van der Waals surface area contributed by atoms with Gasteiger partial charge in [0.15, 0.2) is 0 Å². The Hall–Kier alpha value is -1.60. The van der Waals surface area contributed by atoms with E-state index >= 15 is 0 Å². The summed E-state index contributed by atoms with van der Waals surface area (Å²) in [6, 6.07) is 7.22. The molecule has 0 aliphatic carbocycles. The number of halogens is 1. The van der Waals surface area contributed by atoms with E-state index in [0.29, 0.717) is 22.4 Å². The van der Waals surface area contributed by atoms with Gasteiger partial charge in [-0.15, -0.1) is 5.10 Å². The van der Waals surface area contributed by atoms with Gasteiger partial charge >= 0.3 is 0 Å². The normalized spacial score (nSPS) is 10.4. The fraction of sp³-hybridized carbons (Fsp3) is 0.273. The fourth-order valence-electron chi connectivity index (χ4n) is 1.37. The number of hydrogen-bond acceptors (Lipinski definition) is 5. The van der Waals surface area contributed by atoms with Crippen molar-refractivity contribution in [3.05, 3.63) is 29.3 Å². The van der Waals surface area contributed by atoms with Gasteiger partial charge in [-0.2, -0.15) is 4.68 Å². The molecule has 0 fully saturated rings. The first-order chi connectivity index (χ1) is 9.20. The zero-order valence-electron chi connectivity index (χ0n) is 10.2. The van der Waals surface area contributed by atoms with E-state index in [1.165, 1.54) is 11.8 Å². The number of tetrazole rings is 1. The molecule has 2 aromatic rings. The molecule has 0 bridgehead atoms. The predicted octanol–water partition coefficient (Wildman–Crippen LogP) is 1.54. The molecular weight excluding hydrogens is 286 g/mol. The molecule has 2 rings (SSSR count). The van der Waals surface area contributed by atoms with Crippen molar-refractivity contribution in [1.29, 1.82) is 0 Å². The quantitative estimate of drug-likeness (QED) is 0.848. The number of nitrogens with zero attached hydrogens (tertiary/aromatic N) is 4. The summed E-state index contributed by atoms with van der Waals surface area (Å²) in [4.78, 5) is 11.1. The molecule has 0 aliphatic heterocycles. The van der Waals surface area contributed by atoms with Gasteiger partial charge in [-0.05, 0) is 34.7 Å². The summed E-state index contributed by atoms with van der Waals surface area (Å²) in [7, 11) is 1.62. The smallest absolute Gasteiger partial charge is 0.220 e. The largest absolute Gasteiger partial charge is 0.359 e. The number of amides is 1. The first-order valence-corrected chi connectivity index (χ1v) is 6.95. The summed E-state index contributed by atoms with van der Waals surface area (Å²) in [6.07, 6.45) is 0.425. The zero-order chi connectivity index (χ0) is 13.7. The van der Waals surface area contributed by atoms with Crippen LogP contribution < -0.4 is 5.32 Å². The highest BCUT2D eigenvalue weighted by Gasteiger charge is 2.09. The molecule has 0 spiro atoms. The summed E-state index contributed by atoms with van der Waals surface area (Å²) in [5.41, 5.74) is 0.830. The second-order valence-electron chi connectivity index (χ2n) is 3.62. The summed E-state index contributed by atoms with van der Waals surface area (Å²) >= 11 is 7.27. The number of aromatic nitrogens is 4. The van der Waals surface area contributed by atoms with Crippen LogP contribution in [0.1, 0.15) is 6.42 Å². The fourth-order valence-corrected chi connectivity index (χ4v) is 2.33. The molecule has 1 aromatic heterocycles. The first-order valence-electron chi connectivity index (χ1n) is 5.58. The van der Waals surface area contributed by atoms with E-state index in [1.54, 1.807) is 23.9 Å². The third kappa shape index (κ3) is 3.68. The van der Waals surface area contributed by atoms with Crippen LogP contribution in [0.3, 0.4) is 0 Å². The van der Waals surface area contributed by atoms with Gasteiger partial charge in [-0.3, -0.25) is 4.79 Å². The van der Waals surface area contributed by atoms with Crippen LogP contribution in [0, 0.1) is 0 Å². The lowest BCUT2D eigenvalue weighted by atomic mass is 10.3. The van der Waals surface area contributed by atoms with Gasteiger partial charge in [-0.25, -0.2) is 0 Å². The summed E-state index contributed by atoms with van der Waals surface area (Å²) < 4.78 is 1.62. The molecule has 0 saturated carbocycles. The van der Waals surface area contributed by atoms with Gasteiger partial charge in [0.1, 0.15) is 0 Å². The lowest BCUT2D eigenvalue weighted by Gasteiger charge is -2.04. The Morgan fingerprint density at radius 3 is 2.84 bits per heavy atom. The molecule has 0 unspecified atom stereocenters. The van der Waals surface area contributed by atoms with Crippen molar-refractivity contribution in [2.45, 2.75) is 11.6 Å². The van der Waals surface area contributed by atoms with E-state index in [9.17, 15) is 4.79 Å². The molecule has 1 aromatic carbocycles. The highest BCUT2D eigenvalue weighted by molar-refractivity contribution is 7.99. The number of carbonyl (C=O) groups is 1. The lowest BCUT2D eigenvalue weighted by molar-refractivity contribution is -0.120. The first kappa shape index (κ1) is 13.8. The average molecular weight is 298 g/mol. The average Bonchev–Trinajstić information content (AvgIpc) is 2.88. The molecular formula is C11H12ClN5OS. The van der Waals surface area contributed by atoms with Crippen LogP contribution in [0.25, 0.3) is 5.69 Å². The van der Waals surface area contributed by atoms with Crippen molar-refractivity contribution in [2.24, 2.45) is 0 Å². The van der Waals surface area contributed by atoms with E-state index < -0.39 is 0 Å². The molecule has 1 heterocycles. The van der Waals surface area contributed by atoms with Crippen LogP contribution in [0.5, 0.6) is 0 Å². The Morgan fingerprint density at radius 2 is 2.16 bits per heavy atom. The highest BCUT2D eigenvalue weighted by Crippen LogP contribution is 2.20. The monoisotopic (exact) mass is 297 g/mol. The molecule has 8 heteroatoms. The molecule has 19 heavy (non-hydrogen) atoms. The van der Waals surface area contributed by atoms with Gasteiger partial charge in [0.05, 0.1) is 5.69 Å². The molecule has 0 aliphatic rings. The summed E-state index contributed by atoms with van der Waals surface area (Å²) in [5, 5.41) is 15.4. The Labute approximate surface area is 119 Å². The number of rotatable bonds is 5. The number of carbonyl (C=O) groups excluding carboxylic acids is 1. The molecule has 100 valence electrons. The Kier molecular flexibility index (Phi) is 4.75. The Morgan fingerprint density at radius 1 is 1.42 bits per heavy atom. The molecule has 6 nitrogen and oxygen atoms in total. The van der Waals surface area contributed by atoms with Crippen LogP contribution in [0.4, 0.5) is 0 Å². The minimum absolute atomic E-state index is 0.00184. The Bertz CT molecular complexity index is 556. The number of hydrogen-bond donors (Lipinski definition) is 1. The second-order valence-corrected chi connectivity index (χ2v) is 5.12. The minimum atomic E-state index is -0.00184. The number of nitrogens with one attached hydrogen (secondary N) is 1. The van der Waals surface area contributed by atoms with E-state index in [0.717, 1.165) is 5.69 Å². The molecule has 0 atom stereocenters. The van der Waals surface area contributed by atoms with Crippen LogP contribution in [-0.4, -0.2) is 38.9 Å². The van der Waals surface area contributed by atoms with E-state index in [1.807, 2.05) is 12.1 Å². The second kappa shape index (κ2) is 6.53. The van der Waals surface area contributed by atoms with Crippen LogP contribution in [-0.2, 0) is 4.79 Å². The van der Waals surface area contributed by atoms with Crippen molar-refractivity contribution in [3.63, 3.8) is 0 Å². The van der Waals surface area contributed by atoms with Gasteiger partial charge in [0.25, 0.3) is 0 Å². The van der Waals surface area contributed by atoms with Crippen molar-refractivity contribution >= 4 is 29.3 Å². The molecule has 1 amide bonds. The number of benzene rings is 1. The standard InChI is InChI=1S/C11H12ClN5OS/c1-13-10(18)6-7-19-11-14-15-16-17(11)9-4-2-8(12)3-5-9/h2-5H,6-7H2,1H3,(H,13,18). The van der Waals surface area contributed by atoms with Gasteiger partial charge in [-0.1, -0.05) is 23.4 Å². The summed E-state index contributed by atoms with van der Waals surface area (Å²) in [6.45, 7) is 0. The third-order valence-corrected chi connectivity index (χ3v) is 3.52. The van der Waals surface area contributed by atoms with Crippen molar-refractivity contribution in [3.8, 4) is 5.69 Å². The third-order valence-electron chi connectivity index (χ3n) is 2.35. The van der Waals surface area contributed by atoms with E-state index in [-0.39, 0.29) is 5.91 Å². The molecule has 0 saturated heterocycles. The van der Waals surface area contributed by atoms with Gasteiger partial charge in [0.2, 0.25) is 11.1 Å². The van der Waals surface area contributed by atoms with Crippen molar-refractivity contribution < 1.29 is 4.79 Å². The SMILES string of the molecule is CNC(=O)CCSc1nnnn1-c1ccc(Cl)cc1. The maximum atomic E-state index is 11.1. The van der Waals surface area contributed by atoms with Crippen LogP contribution in [0.2, 0.25) is 5.02 Å². The lowest BCUT2D eigenvalue weighted by Crippen LogP contribution is -2.17. The van der Waals surface area contributed by atoms with Crippen LogP contribution >= 0.6 is 23.4 Å². The number of thioether (sulfide) groups is 1. The van der Waals surface area contributed by atoms with Gasteiger partial charge < -0.3 is 5.32 Å².